The van der Waals surface area contributed by atoms with Crippen LogP contribution in [-0.2, 0) is 0 Å². The molecular formula is C27H22O4. The summed E-state index contributed by atoms with van der Waals surface area (Å²) in [6.45, 7) is 2.23. The Bertz CT molecular complexity index is 1350. The molecule has 0 aliphatic heterocycles. The fourth-order valence-electron chi connectivity index (χ4n) is 5.74. The minimum absolute atomic E-state index is 0.288. The Balaban J connectivity index is 1.44. The Morgan fingerprint density at radius 1 is 0.806 bits per heavy atom. The zero-order chi connectivity index (χ0) is 21.1. The van der Waals surface area contributed by atoms with E-state index in [1.54, 1.807) is 6.07 Å². The third-order valence-electron chi connectivity index (χ3n) is 7.14. The van der Waals surface area contributed by atoms with Crippen LogP contribution in [-0.4, -0.2) is 11.3 Å². The number of carbonyl (C=O) groups is 1. The number of carbonyl (C=O) groups excluding carboxylic acids is 1. The summed E-state index contributed by atoms with van der Waals surface area (Å²) >= 11 is 0. The Hall–Kier alpha value is -3.53. The molecule has 0 radical (unpaired) electrons. The molecule has 0 saturated heterocycles. The average Bonchev–Trinajstić information content (AvgIpc) is 3.30. The SMILES string of the molecule is CC1C2CCC1c1c2c(O)c2ccccc2c1OC(=O)Oc1cccc2ccccc12. The molecule has 0 amide bonds. The van der Waals surface area contributed by atoms with E-state index in [2.05, 4.69) is 6.92 Å². The summed E-state index contributed by atoms with van der Waals surface area (Å²) in [5, 5.41) is 14.4. The molecule has 6 rings (SSSR count). The molecule has 31 heavy (non-hydrogen) atoms. The first-order valence-electron chi connectivity index (χ1n) is 10.8. The van der Waals surface area contributed by atoms with Gasteiger partial charge in [-0.1, -0.05) is 67.6 Å². The van der Waals surface area contributed by atoms with Gasteiger partial charge in [-0.3, -0.25) is 0 Å². The highest BCUT2D eigenvalue weighted by Gasteiger charge is 2.47. The summed E-state index contributed by atoms with van der Waals surface area (Å²) in [6, 6.07) is 20.9. The quantitative estimate of drug-likeness (QED) is 0.289. The first kappa shape index (κ1) is 18.3. The first-order chi connectivity index (χ1) is 15.1. The number of hydrogen-bond acceptors (Lipinski definition) is 4. The van der Waals surface area contributed by atoms with Crippen LogP contribution < -0.4 is 9.47 Å². The molecule has 3 unspecified atom stereocenters. The van der Waals surface area contributed by atoms with Crippen molar-refractivity contribution in [2.75, 3.05) is 0 Å². The molecule has 4 heteroatoms. The molecule has 2 aliphatic rings. The summed E-state index contributed by atoms with van der Waals surface area (Å²) in [4.78, 5) is 12.9. The average molecular weight is 410 g/mol. The lowest BCUT2D eigenvalue weighted by Crippen LogP contribution is -2.16. The Kier molecular flexibility index (Phi) is 3.97. The van der Waals surface area contributed by atoms with Gasteiger partial charge in [0.05, 0.1) is 0 Å². The van der Waals surface area contributed by atoms with Crippen LogP contribution >= 0.6 is 0 Å². The molecule has 3 atom stereocenters. The number of phenolic OH excluding ortho intramolecular Hbond substituents is 1. The number of benzene rings is 4. The van der Waals surface area contributed by atoms with Crippen molar-refractivity contribution in [3.8, 4) is 17.2 Å². The topological polar surface area (TPSA) is 55.8 Å². The van der Waals surface area contributed by atoms with E-state index in [0.29, 0.717) is 34.5 Å². The van der Waals surface area contributed by atoms with Gasteiger partial charge in [-0.2, -0.15) is 0 Å². The van der Waals surface area contributed by atoms with E-state index < -0.39 is 6.16 Å². The van der Waals surface area contributed by atoms with Gasteiger partial charge < -0.3 is 14.6 Å². The van der Waals surface area contributed by atoms with E-state index in [4.69, 9.17) is 9.47 Å². The molecule has 4 nitrogen and oxygen atoms in total. The van der Waals surface area contributed by atoms with Gasteiger partial charge in [-0.05, 0) is 42.0 Å². The summed E-state index contributed by atoms with van der Waals surface area (Å²) < 4.78 is 11.6. The van der Waals surface area contributed by atoms with E-state index in [1.165, 1.54) is 0 Å². The highest BCUT2D eigenvalue weighted by molar-refractivity contribution is 5.98. The molecule has 2 bridgehead atoms. The van der Waals surface area contributed by atoms with Crippen molar-refractivity contribution in [1.82, 2.24) is 0 Å². The van der Waals surface area contributed by atoms with Crippen LogP contribution in [0.1, 0.15) is 42.7 Å². The van der Waals surface area contributed by atoms with Crippen LogP contribution in [0.5, 0.6) is 17.2 Å². The fraction of sp³-hybridized carbons (Fsp3) is 0.222. The molecule has 4 aromatic rings. The summed E-state index contributed by atoms with van der Waals surface area (Å²) in [7, 11) is 0. The van der Waals surface area contributed by atoms with Crippen molar-refractivity contribution in [3.05, 3.63) is 77.9 Å². The van der Waals surface area contributed by atoms with Gasteiger partial charge in [0.15, 0.2) is 0 Å². The van der Waals surface area contributed by atoms with Gasteiger partial charge in [-0.15, -0.1) is 0 Å². The standard InChI is InChI=1S/C27H22O4/c1-15-17-13-14-18(15)24-23(17)25(28)20-10-4-5-11-21(20)26(24)31-27(29)30-22-12-6-8-16-7-2-3-9-19(16)22/h2-12,15,17-18,28H,13-14H2,1H3. The zero-order valence-corrected chi connectivity index (χ0v) is 17.2. The zero-order valence-electron chi connectivity index (χ0n) is 17.2. The highest BCUT2D eigenvalue weighted by atomic mass is 16.7. The third-order valence-corrected chi connectivity index (χ3v) is 7.14. The second kappa shape index (κ2) is 6.74. The number of aromatic hydroxyl groups is 1. The van der Waals surface area contributed by atoms with Crippen LogP contribution in [0.25, 0.3) is 21.5 Å². The molecular weight excluding hydrogens is 388 g/mol. The minimum atomic E-state index is -0.759. The second-order valence-electron chi connectivity index (χ2n) is 8.63. The molecule has 1 N–H and O–H groups in total. The molecule has 154 valence electrons. The number of ether oxygens (including phenoxy) is 2. The van der Waals surface area contributed by atoms with Crippen molar-refractivity contribution in [1.29, 1.82) is 0 Å². The van der Waals surface area contributed by atoms with Gasteiger partial charge in [-0.25, -0.2) is 4.79 Å². The molecule has 0 spiro atoms. The van der Waals surface area contributed by atoms with Crippen LogP contribution in [0.2, 0.25) is 0 Å². The molecule has 0 heterocycles. The Labute approximate surface area is 180 Å². The predicted octanol–water partition coefficient (Wildman–Crippen LogP) is 6.89. The van der Waals surface area contributed by atoms with Gasteiger partial charge in [0.2, 0.25) is 0 Å². The van der Waals surface area contributed by atoms with E-state index in [1.807, 2.05) is 60.7 Å². The van der Waals surface area contributed by atoms with Crippen LogP contribution in [0.4, 0.5) is 4.79 Å². The van der Waals surface area contributed by atoms with Gasteiger partial charge in [0.1, 0.15) is 17.2 Å². The van der Waals surface area contributed by atoms with E-state index in [9.17, 15) is 9.90 Å². The normalized spacial score (nSPS) is 21.4. The van der Waals surface area contributed by atoms with E-state index in [-0.39, 0.29) is 5.92 Å². The van der Waals surface area contributed by atoms with Crippen molar-refractivity contribution < 1.29 is 19.4 Å². The summed E-state index contributed by atoms with van der Waals surface area (Å²) in [6.07, 6.45) is 1.35. The molecule has 0 aromatic heterocycles. The van der Waals surface area contributed by atoms with Gasteiger partial charge in [0, 0.05) is 27.3 Å². The van der Waals surface area contributed by atoms with Crippen LogP contribution in [0, 0.1) is 5.92 Å². The smallest absolute Gasteiger partial charge is 0.507 e. The molecule has 1 fully saturated rings. The summed E-state index contributed by atoms with van der Waals surface area (Å²) in [5.41, 5.74) is 1.94. The van der Waals surface area contributed by atoms with E-state index >= 15 is 0 Å². The molecule has 1 saturated carbocycles. The number of rotatable bonds is 2. The lowest BCUT2D eigenvalue weighted by molar-refractivity contribution is 0.152. The maximum atomic E-state index is 12.9. The largest absolute Gasteiger partial charge is 0.519 e. The second-order valence-corrected chi connectivity index (χ2v) is 8.63. The van der Waals surface area contributed by atoms with Crippen LogP contribution in [0.3, 0.4) is 0 Å². The predicted molar refractivity (Wildman–Crippen MR) is 120 cm³/mol. The van der Waals surface area contributed by atoms with Crippen LogP contribution in [0.15, 0.2) is 66.7 Å². The van der Waals surface area contributed by atoms with E-state index in [0.717, 1.165) is 40.1 Å². The molecule has 2 aliphatic carbocycles. The fourth-order valence-corrected chi connectivity index (χ4v) is 5.74. The number of fused-ring (bicyclic) bond motifs is 7. The number of phenols is 1. The van der Waals surface area contributed by atoms with Crippen molar-refractivity contribution in [2.24, 2.45) is 5.92 Å². The number of hydrogen-bond donors (Lipinski definition) is 1. The lowest BCUT2D eigenvalue weighted by Gasteiger charge is -2.22. The first-order valence-corrected chi connectivity index (χ1v) is 10.8. The lowest BCUT2D eigenvalue weighted by atomic mass is 9.87. The Morgan fingerprint density at radius 2 is 1.45 bits per heavy atom. The molecule has 4 aromatic carbocycles. The monoisotopic (exact) mass is 410 g/mol. The maximum absolute atomic E-state index is 12.9. The van der Waals surface area contributed by atoms with Gasteiger partial charge >= 0.3 is 6.16 Å². The maximum Gasteiger partial charge on any atom is 0.519 e. The summed E-state index contributed by atoms with van der Waals surface area (Å²) in [5.74, 6) is 2.36. The van der Waals surface area contributed by atoms with Gasteiger partial charge in [0.25, 0.3) is 0 Å². The minimum Gasteiger partial charge on any atom is -0.507 e. The van der Waals surface area contributed by atoms with Crippen molar-refractivity contribution in [3.63, 3.8) is 0 Å². The van der Waals surface area contributed by atoms with Crippen molar-refractivity contribution >= 4 is 27.7 Å². The Morgan fingerprint density at radius 3 is 2.26 bits per heavy atom. The van der Waals surface area contributed by atoms with Crippen molar-refractivity contribution in [2.45, 2.75) is 31.6 Å². The third kappa shape index (κ3) is 2.64. The highest BCUT2D eigenvalue weighted by Crippen LogP contribution is 2.63.